The van der Waals surface area contributed by atoms with Crippen molar-refractivity contribution in [1.29, 1.82) is 0 Å². The van der Waals surface area contributed by atoms with Crippen molar-refractivity contribution in [3.05, 3.63) is 11.8 Å². The zero-order valence-corrected chi connectivity index (χ0v) is 14.3. The molecule has 128 valence electrons. The molecule has 0 aromatic carbocycles. The third-order valence-electron chi connectivity index (χ3n) is 5.00. The summed E-state index contributed by atoms with van der Waals surface area (Å²) >= 11 is 1.84. The van der Waals surface area contributed by atoms with Crippen LogP contribution in [-0.2, 0) is 19.0 Å². The molecule has 0 bridgehead atoms. The molecule has 2 fully saturated rings. The lowest BCUT2D eigenvalue weighted by Crippen LogP contribution is -2.44. The van der Waals surface area contributed by atoms with Crippen molar-refractivity contribution in [3.63, 3.8) is 0 Å². The first-order valence-corrected chi connectivity index (χ1v) is 9.24. The molecule has 0 N–H and O–H groups in total. The highest BCUT2D eigenvalue weighted by molar-refractivity contribution is 7.99. The molecule has 4 atom stereocenters. The molecule has 7 heteroatoms. The van der Waals surface area contributed by atoms with Crippen LogP contribution in [-0.4, -0.2) is 55.0 Å². The minimum atomic E-state index is -0.618. The lowest BCUT2D eigenvalue weighted by molar-refractivity contribution is -0.147. The van der Waals surface area contributed by atoms with Crippen LogP contribution in [0.25, 0.3) is 0 Å². The van der Waals surface area contributed by atoms with Crippen LogP contribution in [0.5, 0.6) is 0 Å². The molecule has 2 aliphatic heterocycles. The third kappa shape index (κ3) is 3.29. The maximum absolute atomic E-state index is 12.3. The van der Waals surface area contributed by atoms with Crippen molar-refractivity contribution in [2.24, 2.45) is 17.8 Å². The number of rotatable bonds is 2. The van der Waals surface area contributed by atoms with Gasteiger partial charge >= 0.3 is 12.1 Å². The monoisotopic (exact) mass is 341 g/mol. The van der Waals surface area contributed by atoms with Crippen LogP contribution in [0.15, 0.2) is 11.8 Å². The summed E-state index contributed by atoms with van der Waals surface area (Å²) in [5.41, 5.74) is 0.559. The van der Waals surface area contributed by atoms with E-state index in [9.17, 15) is 9.59 Å². The standard InChI is InChI=1S/C16H23NO5S/c1-10-3-4-11-12(14(18)20-2)9-21-15(13(10)11)22-16(19)17-5-7-23-8-6-17/h9-11,13,15H,3-8H2,1-2H3. The summed E-state index contributed by atoms with van der Waals surface area (Å²) < 4.78 is 16.1. The molecule has 3 aliphatic rings. The van der Waals surface area contributed by atoms with Crippen molar-refractivity contribution in [2.75, 3.05) is 31.7 Å². The zero-order valence-electron chi connectivity index (χ0n) is 13.5. The number of amides is 1. The highest BCUT2D eigenvalue weighted by Crippen LogP contribution is 2.46. The maximum atomic E-state index is 12.3. The first-order chi connectivity index (χ1) is 11.1. The molecule has 0 aromatic rings. The Kier molecular flexibility index (Phi) is 5.04. The van der Waals surface area contributed by atoms with Gasteiger partial charge in [-0.3, -0.25) is 0 Å². The minimum absolute atomic E-state index is 0.0113. The maximum Gasteiger partial charge on any atom is 0.412 e. The highest BCUT2D eigenvalue weighted by Gasteiger charge is 2.48. The fourth-order valence-corrected chi connectivity index (χ4v) is 4.61. The summed E-state index contributed by atoms with van der Waals surface area (Å²) in [5.74, 6) is 1.92. The average Bonchev–Trinajstić information content (AvgIpc) is 2.97. The van der Waals surface area contributed by atoms with Crippen LogP contribution in [0.1, 0.15) is 19.8 Å². The van der Waals surface area contributed by atoms with E-state index >= 15 is 0 Å². The number of nitrogens with zero attached hydrogens (tertiary/aromatic N) is 1. The third-order valence-corrected chi connectivity index (χ3v) is 5.95. The van der Waals surface area contributed by atoms with Gasteiger partial charge in [0.15, 0.2) is 0 Å². The second kappa shape index (κ2) is 7.03. The first-order valence-electron chi connectivity index (χ1n) is 8.09. The Balaban J connectivity index is 1.71. The van der Waals surface area contributed by atoms with Crippen LogP contribution < -0.4 is 0 Å². The molecule has 4 unspecified atom stereocenters. The topological polar surface area (TPSA) is 65.1 Å². The number of methoxy groups -OCH3 is 1. The van der Waals surface area contributed by atoms with Crippen LogP contribution >= 0.6 is 11.8 Å². The predicted molar refractivity (Wildman–Crippen MR) is 85.7 cm³/mol. The van der Waals surface area contributed by atoms with Crippen molar-refractivity contribution >= 4 is 23.8 Å². The Morgan fingerprint density at radius 2 is 2.04 bits per heavy atom. The molecule has 1 saturated carbocycles. The number of carbonyl (C=O) groups is 2. The molecule has 0 radical (unpaired) electrons. The van der Waals surface area contributed by atoms with E-state index in [1.807, 2.05) is 11.8 Å². The quantitative estimate of drug-likeness (QED) is 0.718. The van der Waals surface area contributed by atoms with Crippen LogP contribution in [0.4, 0.5) is 4.79 Å². The Morgan fingerprint density at radius 1 is 1.30 bits per heavy atom. The van der Waals surface area contributed by atoms with Gasteiger partial charge in [-0.1, -0.05) is 6.92 Å². The average molecular weight is 341 g/mol. The second-order valence-electron chi connectivity index (χ2n) is 6.29. The van der Waals surface area contributed by atoms with Gasteiger partial charge in [0.1, 0.15) is 0 Å². The van der Waals surface area contributed by atoms with E-state index in [0.717, 1.165) is 24.3 Å². The Morgan fingerprint density at radius 3 is 2.74 bits per heavy atom. The Bertz CT molecular complexity index is 503. The number of fused-ring (bicyclic) bond motifs is 1. The predicted octanol–water partition coefficient (Wildman–Crippen LogP) is 2.25. The van der Waals surface area contributed by atoms with Gasteiger partial charge < -0.3 is 19.1 Å². The van der Waals surface area contributed by atoms with E-state index in [1.165, 1.54) is 13.4 Å². The fourth-order valence-electron chi connectivity index (χ4n) is 3.71. The highest BCUT2D eigenvalue weighted by atomic mass is 32.2. The molecule has 2 heterocycles. The van der Waals surface area contributed by atoms with Gasteiger partial charge in [-0.15, -0.1) is 0 Å². The van der Waals surface area contributed by atoms with Gasteiger partial charge in [-0.2, -0.15) is 11.8 Å². The number of thioether (sulfide) groups is 1. The van der Waals surface area contributed by atoms with Gasteiger partial charge in [-0.05, 0) is 18.8 Å². The van der Waals surface area contributed by atoms with Crippen molar-refractivity contribution in [3.8, 4) is 0 Å². The van der Waals surface area contributed by atoms with E-state index in [2.05, 4.69) is 6.92 Å². The fraction of sp³-hybridized carbons (Fsp3) is 0.750. The molecule has 1 aliphatic carbocycles. The lowest BCUT2D eigenvalue weighted by Gasteiger charge is -2.36. The Labute approximate surface area is 140 Å². The number of ether oxygens (including phenoxy) is 3. The smallest absolute Gasteiger partial charge is 0.412 e. The lowest BCUT2D eigenvalue weighted by atomic mass is 9.83. The summed E-state index contributed by atoms with van der Waals surface area (Å²) in [6, 6.07) is 0. The largest absolute Gasteiger partial charge is 0.466 e. The van der Waals surface area contributed by atoms with Gasteiger partial charge in [0.05, 0.1) is 18.9 Å². The van der Waals surface area contributed by atoms with Crippen LogP contribution in [0.3, 0.4) is 0 Å². The van der Waals surface area contributed by atoms with E-state index in [1.54, 1.807) is 4.90 Å². The van der Waals surface area contributed by atoms with Crippen molar-refractivity contribution in [2.45, 2.75) is 26.1 Å². The van der Waals surface area contributed by atoms with E-state index < -0.39 is 6.29 Å². The molecule has 6 nitrogen and oxygen atoms in total. The van der Waals surface area contributed by atoms with E-state index in [0.29, 0.717) is 24.6 Å². The molecule has 0 aromatic heterocycles. The van der Waals surface area contributed by atoms with Crippen LogP contribution in [0, 0.1) is 17.8 Å². The first kappa shape index (κ1) is 16.5. The van der Waals surface area contributed by atoms with Gasteiger partial charge in [-0.25, -0.2) is 9.59 Å². The summed E-state index contributed by atoms with van der Waals surface area (Å²) in [5, 5.41) is 0. The summed E-state index contributed by atoms with van der Waals surface area (Å²) in [4.78, 5) is 26.0. The summed E-state index contributed by atoms with van der Waals surface area (Å²) in [6.07, 6.45) is 2.37. The molecular weight excluding hydrogens is 318 g/mol. The summed E-state index contributed by atoms with van der Waals surface area (Å²) in [6.45, 7) is 3.54. The minimum Gasteiger partial charge on any atom is -0.466 e. The molecular formula is C16H23NO5S. The van der Waals surface area contributed by atoms with E-state index in [-0.39, 0.29) is 23.9 Å². The van der Waals surface area contributed by atoms with Gasteiger partial charge in [0.25, 0.3) is 0 Å². The normalized spacial score (nSPS) is 33.3. The number of carbonyl (C=O) groups excluding carboxylic acids is 2. The van der Waals surface area contributed by atoms with Gasteiger partial charge in [0, 0.05) is 36.4 Å². The molecule has 23 heavy (non-hydrogen) atoms. The summed E-state index contributed by atoms with van der Waals surface area (Å²) in [7, 11) is 1.37. The number of hydrogen-bond acceptors (Lipinski definition) is 6. The molecule has 1 amide bonds. The van der Waals surface area contributed by atoms with Crippen LogP contribution in [0.2, 0.25) is 0 Å². The van der Waals surface area contributed by atoms with Gasteiger partial charge in [0.2, 0.25) is 6.29 Å². The molecule has 3 rings (SSSR count). The molecule has 1 saturated heterocycles. The van der Waals surface area contributed by atoms with E-state index in [4.69, 9.17) is 14.2 Å². The second-order valence-corrected chi connectivity index (χ2v) is 7.52. The molecule has 0 spiro atoms. The number of hydrogen-bond donors (Lipinski definition) is 0. The van der Waals surface area contributed by atoms with Crippen molar-refractivity contribution < 1.29 is 23.8 Å². The SMILES string of the molecule is COC(=O)C1=COC(OC(=O)N2CCSCC2)C2C(C)CCC12. The Hall–Kier alpha value is -1.37. The van der Waals surface area contributed by atoms with Crippen molar-refractivity contribution in [1.82, 2.24) is 4.90 Å². The zero-order chi connectivity index (χ0) is 16.4. The number of esters is 1.